The number of halogens is 3. The largest absolute Gasteiger partial charge is 0.418 e. The predicted molar refractivity (Wildman–Crippen MR) is 72.6 cm³/mol. The van der Waals surface area contributed by atoms with Crippen molar-refractivity contribution in [2.24, 2.45) is 11.8 Å². The Labute approximate surface area is 120 Å². The summed E-state index contributed by atoms with van der Waals surface area (Å²) in [6, 6.07) is 3.52. The fourth-order valence-electron chi connectivity index (χ4n) is 3.57. The first kappa shape index (κ1) is 14.2. The minimum atomic E-state index is -4.54. The van der Waals surface area contributed by atoms with E-state index >= 15 is 0 Å². The zero-order chi connectivity index (χ0) is 15.2. The smallest absolute Gasteiger partial charge is 0.398 e. The second-order valence-electron chi connectivity index (χ2n) is 5.93. The van der Waals surface area contributed by atoms with Crippen molar-refractivity contribution in [3.05, 3.63) is 29.3 Å². The van der Waals surface area contributed by atoms with Gasteiger partial charge in [-0.05, 0) is 36.8 Å². The van der Waals surface area contributed by atoms with Gasteiger partial charge in [-0.1, -0.05) is 12.5 Å². The molecule has 1 saturated carbocycles. The third-order valence-corrected chi connectivity index (χ3v) is 4.66. The van der Waals surface area contributed by atoms with Gasteiger partial charge in [0.25, 0.3) is 5.91 Å². The van der Waals surface area contributed by atoms with Crippen LogP contribution in [-0.4, -0.2) is 23.9 Å². The molecule has 1 amide bonds. The van der Waals surface area contributed by atoms with Gasteiger partial charge in [-0.3, -0.25) is 4.79 Å². The highest BCUT2D eigenvalue weighted by atomic mass is 19.4. The maximum atomic E-state index is 12.9. The number of hydrogen-bond donors (Lipinski definition) is 1. The highest BCUT2D eigenvalue weighted by molar-refractivity contribution is 6.00. The van der Waals surface area contributed by atoms with Gasteiger partial charge < -0.3 is 10.6 Å². The van der Waals surface area contributed by atoms with Gasteiger partial charge in [-0.15, -0.1) is 0 Å². The van der Waals surface area contributed by atoms with E-state index in [2.05, 4.69) is 0 Å². The topological polar surface area (TPSA) is 46.3 Å². The fourth-order valence-corrected chi connectivity index (χ4v) is 3.57. The Morgan fingerprint density at radius 1 is 1.19 bits per heavy atom. The Balaban J connectivity index is 1.86. The lowest BCUT2D eigenvalue weighted by Crippen LogP contribution is -2.30. The van der Waals surface area contributed by atoms with Crippen LogP contribution in [-0.2, 0) is 6.18 Å². The molecule has 1 aromatic carbocycles. The number of anilines is 1. The molecule has 21 heavy (non-hydrogen) atoms. The number of alkyl halides is 3. The van der Waals surface area contributed by atoms with Crippen molar-refractivity contribution >= 4 is 11.6 Å². The lowest BCUT2D eigenvalue weighted by Gasteiger charge is -2.20. The first-order chi connectivity index (χ1) is 9.88. The number of carbonyl (C=O) groups excluding carboxylic acids is 1. The van der Waals surface area contributed by atoms with Crippen molar-refractivity contribution in [1.82, 2.24) is 4.90 Å². The summed E-state index contributed by atoms with van der Waals surface area (Å²) in [5.74, 6) is 0.620. The number of amides is 1. The van der Waals surface area contributed by atoms with Gasteiger partial charge in [0.05, 0.1) is 16.8 Å². The Kier molecular flexibility index (Phi) is 3.34. The molecule has 2 atom stereocenters. The lowest BCUT2D eigenvalue weighted by molar-refractivity contribution is -0.136. The van der Waals surface area contributed by atoms with Crippen molar-refractivity contribution in [2.75, 3.05) is 18.8 Å². The first-order valence-electron chi connectivity index (χ1n) is 7.13. The number of likely N-dealkylation sites (tertiary alicyclic amines) is 1. The van der Waals surface area contributed by atoms with Crippen LogP contribution in [0.5, 0.6) is 0 Å². The third-order valence-electron chi connectivity index (χ3n) is 4.66. The minimum Gasteiger partial charge on any atom is -0.398 e. The van der Waals surface area contributed by atoms with Gasteiger partial charge in [0.1, 0.15) is 0 Å². The zero-order valence-corrected chi connectivity index (χ0v) is 11.5. The van der Waals surface area contributed by atoms with Crippen LogP contribution in [0.3, 0.4) is 0 Å². The fraction of sp³-hybridized carbons (Fsp3) is 0.533. The van der Waals surface area contributed by atoms with E-state index in [4.69, 9.17) is 5.73 Å². The van der Waals surface area contributed by atoms with Crippen molar-refractivity contribution in [3.8, 4) is 0 Å². The van der Waals surface area contributed by atoms with Crippen LogP contribution in [0.4, 0.5) is 18.9 Å². The maximum Gasteiger partial charge on any atom is 0.418 e. The molecular weight excluding hydrogens is 281 g/mol. The standard InChI is InChI=1S/C15H17F3N2O/c16-15(17,18)12-6-2-5-11(13(12)19)14(21)20-7-9-3-1-4-10(9)8-20/h2,5-6,9-10H,1,3-4,7-8,19H2. The molecule has 2 aliphatic rings. The van der Waals surface area contributed by atoms with Crippen molar-refractivity contribution in [2.45, 2.75) is 25.4 Å². The van der Waals surface area contributed by atoms with Crippen molar-refractivity contribution in [1.29, 1.82) is 0 Å². The molecule has 2 unspecified atom stereocenters. The molecule has 0 bridgehead atoms. The molecule has 1 saturated heterocycles. The summed E-state index contributed by atoms with van der Waals surface area (Å²) in [5.41, 5.74) is 4.15. The molecule has 0 radical (unpaired) electrons. The number of nitrogens with two attached hydrogens (primary N) is 1. The van der Waals surface area contributed by atoms with Crippen LogP contribution in [0, 0.1) is 11.8 Å². The van der Waals surface area contributed by atoms with E-state index in [9.17, 15) is 18.0 Å². The Morgan fingerprint density at radius 3 is 2.38 bits per heavy atom. The van der Waals surface area contributed by atoms with Crippen LogP contribution in [0.2, 0.25) is 0 Å². The highest BCUT2D eigenvalue weighted by Gasteiger charge is 2.40. The second-order valence-corrected chi connectivity index (χ2v) is 5.93. The number of para-hydroxylation sites is 1. The monoisotopic (exact) mass is 298 g/mol. The molecule has 1 aliphatic carbocycles. The van der Waals surface area contributed by atoms with E-state index in [1.165, 1.54) is 18.6 Å². The molecule has 1 aliphatic heterocycles. The van der Waals surface area contributed by atoms with Gasteiger partial charge >= 0.3 is 6.18 Å². The molecule has 0 aromatic heterocycles. The summed E-state index contributed by atoms with van der Waals surface area (Å²) in [4.78, 5) is 14.1. The Morgan fingerprint density at radius 2 is 1.81 bits per heavy atom. The number of carbonyl (C=O) groups is 1. The average Bonchev–Trinajstić information content (AvgIpc) is 2.97. The molecule has 1 aromatic rings. The Bertz CT molecular complexity index is 559. The summed E-state index contributed by atoms with van der Waals surface area (Å²) >= 11 is 0. The average molecular weight is 298 g/mol. The van der Waals surface area contributed by atoms with Gasteiger partial charge in [0, 0.05) is 13.1 Å². The molecule has 1 heterocycles. The summed E-state index contributed by atoms with van der Waals surface area (Å²) in [7, 11) is 0. The molecule has 3 nitrogen and oxygen atoms in total. The van der Waals surface area contributed by atoms with Gasteiger partial charge in [0.15, 0.2) is 0 Å². The predicted octanol–water partition coefficient (Wildman–Crippen LogP) is 3.16. The Hall–Kier alpha value is -1.72. The van der Waals surface area contributed by atoms with E-state index in [0.717, 1.165) is 18.9 Å². The quantitative estimate of drug-likeness (QED) is 0.810. The van der Waals surface area contributed by atoms with E-state index in [1.807, 2.05) is 0 Å². The van der Waals surface area contributed by atoms with Crippen LogP contribution < -0.4 is 5.73 Å². The van der Waals surface area contributed by atoms with Crippen LogP contribution >= 0.6 is 0 Å². The summed E-state index contributed by atoms with van der Waals surface area (Å²) in [6.07, 6.45) is -1.15. The number of benzene rings is 1. The highest BCUT2D eigenvalue weighted by Crippen LogP contribution is 2.39. The molecule has 6 heteroatoms. The minimum absolute atomic E-state index is 0.0372. The summed E-state index contributed by atoms with van der Waals surface area (Å²) < 4.78 is 38.6. The van der Waals surface area contributed by atoms with Crippen molar-refractivity contribution < 1.29 is 18.0 Å². The van der Waals surface area contributed by atoms with Crippen LogP contribution in [0.1, 0.15) is 35.2 Å². The van der Waals surface area contributed by atoms with Crippen LogP contribution in [0.25, 0.3) is 0 Å². The van der Waals surface area contributed by atoms with Crippen LogP contribution in [0.15, 0.2) is 18.2 Å². The molecule has 2 N–H and O–H groups in total. The number of rotatable bonds is 1. The molecule has 114 valence electrons. The first-order valence-corrected chi connectivity index (χ1v) is 7.13. The number of fused-ring (bicyclic) bond motifs is 1. The number of nitrogen functional groups attached to an aromatic ring is 1. The SMILES string of the molecule is Nc1c(C(=O)N2CC3CCCC3C2)cccc1C(F)(F)F. The summed E-state index contributed by atoms with van der Waals surface area (Å²) in [5, 5.41) is 0. The molecule has 3 rings (SSSR count). The lowest BCUT2D eigenvalue weighted by atomic mass is 10.0. The van der Waals surface area contributed by atoms with E-state index in [-0.39, 0.29) is 11.5 Å². The normalized spacial score (nSPS) is 25.2. The van der Waals surface area contributed by atoms with E-state index in [0.29, 0.717) is 24.9 Å². The van der Waals surface area contributed by atoms with Gasteiger partial charge in [-0.2, -0.15) is 13.2 Å². The zero-order valence-electron chi connectivity index (χ0n) is 11.5. The van der Waals surface area contributed by atoms with Gasteiger partial charge in [0.2, 0.25) is 0 Å². The third kappa shape index (κ3) is 2.47. The van der Waals surface area contributed by atoms with E-state index in [1.54, 1.807) is 4.90 Å². The molecule has 2 fully saturated rings. The van der Waals surface area contributed by atoms with Gasteiger partial charge in [-0.25, -0.2) is 0 Å². The van der Waals surface area contributed by atoms with Crippen molar-refractivity contribution in [3.63, 3.8) is 0 Å². The number of hydrogen-bond acceptors (Lipinski definition) is 2. The molecular formula is C15H17F3N2O. The number of nitrogens with zero attached hydrogens (tertiary/aromatic N) is 1. The summed E-state index contributed by atoms with van der Waals surface area (Å²) in [6.45, 7) is 1.28. The van der Waals surface area contributed by atoms with E-state index < -0.39 is 17.4 Å². The second kappa shape index (κ2) is 4.93. The maximum absolute atomic E-state index is 12.9. The molecule has 0 spiro atoms.